The fourth-order valence-corrected chi connectivity index (χ4v) is 3.77. The normalized spacial score (nSPS) is 11.6. The minimum Gasteiger partial charge on any atom is -0.283 e. The molecule has 0 saturated carbocycles. The third-order valence-electron chi connectivity index (χ3n) is 5.05. The minimum atomic E-state index is -0.393. The first-order valence-electron chi connectivity index (χ1n) is 9.12. The van der Waals surface area contributed by atoms with Gasteiger partial charge >= 0.3 is 5.69 Å². The van der Waals surface area contributed by atoms with Gasteiger partial charge in [0, 0.05) is 18.9 Å². The van der Waals surface area contributed by atoms with Crippen LogP contribution in [-0.2, 0) is 13.6 Å². The molecule has 3 heterocycles. The highest BCUT2D eigenvalue weighted by molar-refractivity contribution is 5.76. The van der Waals surface area contributed by atoms with Gasteiger partial charge in [0.05, 0.1) is 12.2 Å². The molecule has 0 saturated heterocycles. The second kappa shape index (κ2) is 6.09. The van der Waals surface area contributed by atoms with Gasteiger partial charge in [-0.05, 0) is 39.3 Å². The SMILES string of the molecule is C=C(C)Cn1c(=O)c2c(nc3n(-c4ccc(C)cc4C)c(C)cn23)n(C)c1=O. The third-order valence-corrected chi connectivity index (χ3v) is 5.05. The standard InChI is InChI=1S/C21H23N5O2/c1-12(2)10-25-19(27)17-18(23(6)21(25)28)22-20-24(17)11-15(5)26(20)16-8-7-13(3)9-14(16)4/h7-9,11H,1,10H2,2-6H3. The van der Waals surface area contributed by atoms with Crippen LogP contribution in [0.4, 0.5) is 0 Å². The van der Waals surface area contributed by atoms with E-state index in [-0.39, 0.29) is 12.1 Å². The van der Waals surface area contributed by atoms with Gasteiger partial charge in [-0.1, -0.05) is 29.8 Å². The summed E-state index contributed by atoms with van der Waals surface area (Å²) in [6.45, 7) is 11.9. The molecule has 0 bridgehead atoms. The van der Waals surface area contributed by atoms with E-state index in [0.717, 1.165) is 22.5 Å². The van der Waals surface area contributed by atoms with Crippen LogP contribution in [0.15, 0.2) is 46.1 Å². The highest BCUT2D eigenvalue weighted by Crippen LogP contribution is 2.23. The van der Waals surface area contributed by atoms with Crippen LogP contribution < -0.4 is 11.2 Å². The van der Waals surface area contributed by atoms with Gasteiger partial charge in [0.2, 0.25) is 5.78 Å². The Morgan fingerprint density at radius 3 is 2.54 bits per heavy atom. The number of aromatic nitrogens is 5. The molecule has 0 radical (unpaired) electrons. The number of aryl methyl sites for hydroxylation is 4. The number of nitrogens with zero attached hydrogens (tertiary/aromatic N) is 5. The zero-order valence-electron chi connectivity index (χ0n) is 16.8. The molecule has 0 fully saturated rings. The van der Waals surface area contributed by atoms with Crippen molar-refractivity contribution >= 4 is 16.9 Å². The van der Waals surface area contributed by atoms with E-state index in [9.17, 15) is 9.59 Å². The Kier molecular flexibility index (Phi) is 3.92. The van der Waals surface area contributed by atoms with E-state index in [1.807, 2.05) is 17.7 Å². The summed E-state index contributed by atoms with van der Waals surface area (Å²) in [5, 5.41) is 0. The number of allylic oxidation sites excluding steroid dienone is 1. The van der Waals surface area contributed by atoms with Crippen LogP contribution in [0.1, 0.15) is 23.7 Å². The van der Waals surface area contributed by atoms with Crippen LogP contribution in [0.25, 0.3) is 22.6 Å². The van der Waals surface area contributed by atoms with Crippen molar-refractivity contribution in [3.05, 3.63) is 74.2 Å². The predicted molar refractivity (Wildman–Crippen MR) is 111 cm³/mol. The maximum atomic E-state index is 13.1. The second-order valence-corrected chi connectivity index (χ2v) is 7.54. The number of rotatable bonds is 3. The fourth-order valence-electron chi connectivity index (χ4n) is 3.77. The summed E-state index contributed by atoms with van der Waals surface area (Å²) in [4.78, 5) is 30.5. The van der Waals surface area contributed by atoms with Gasteiger partial charge in [0.15, 0.2) is 11.2 Å². The fraction of sp³-hybridized carbons (Fsp3) is 0.286. The van der Waals surface area contributed by atoms with Crippen molar-refractivity contribution in [1.82, 2.24) is 23.1 Å². The number of hydrogen-bond donors (Lipinski definition) is 0. The lowest BCUT2D eigenvalue weighted by Gasteiger charge is -2.10. The van der Waals surface area contributed by atoms with Crippen molar-refractivity contribution in [2.45, 2.75) is 34.2 Å². The average molecular weight is 377 g/mol. The van der Waals surface area contributed by atoms with E-state index >= 15 is 0 Å². The van der Waals surface area contributed by atoms with Crippen LogP contribution in [0.3, 0.4) is 0 Å². The first-order chi connectivity index (χ1) is 13.2. The Balaban J connectivity index is 2.14. The molecule has 0 amide bonds. The van der Waals surface area contributed by atoms with Crippen molar-refractivity contribution in [2.24, 2.45) is 7.05 Å². The van der Waals surface area contributed by atoms with E-state index < -0.39 is 5.69 Å². The summed E-state index contributed by atoms with van der Waals surface area (Å²) in [7, 11) is 1.64. The van der Waals surface area contributed by atoms with Gasteiger partial charge in [0.1, 0.15) is 0 Å². The average Bonchev–Trinajstić information content (AvgIpc) is 3.12. The number of benzene rings is 1. The Bertz CT molecular complexity index is 1390. The van der Waals surface area contributed by atoms with Gasteiger partial charge in [-0.3, -0.25) is 22.9 Å². The lowest BCUT2D eigenvalue weighted by Crippen LogP contribution is -2.39. The molecule has 0 aliphatic carbocycles. The Morgan fingerprint density at radius 2 is 1.89 bits per heavy atom. The summed E-state index contributed by atoms with van der Waals surface area (Å²) < 4.78 is 6.43. The molecule has 144 valence electrons. The van der Waals surface area contributed by atoms with Gasteiger partial charge in [-0.25, -0.2) is 4.79 Å². The molecule has 0 unspecified atom stereocenters. The topological polar surface area (TPSA) is 66.2 Å². The molecule has 7 heteroatoms. The number of hydrogen-bond acceptors (Lipinski definition) is 3. The van der Waals surface area contributed by atoms with Crippen molar-refractivity contribution in [1.29, 1.82) is 0 Å². The van der Waals surface area contributed by atoms with Crippen LogP contribution in [0.2, 0.25) is 0 Å². The van der Waals surface area contributed by atoms with Gasteiger partial charge in [-0.15, -0.1) is 0 Å². The van der Waals surface area contributed by atoms with E-state index in [1.165, 1.54) is 14.7 Å². The van der Waals surface area contributed by atoms with Crippen LogP contribution >= 0.6 is 0 Å². The molecular weight excluding hydrogens is 354 g/mol. The zero-order valence-corrected chi connectivity index (χ0v) is 16.8. The van der Waals surface area contributed by atoms with E-state index in [4.69, 9.17) is 0 Å². The predicted octanol–water partition coefficient (Wildman–Crippen LogP) is 2.64. The number of imidazole rings is 2. The largest absolute Gasteiger partial charge is 0.332 e. The van der Waals surface area contributed by atoms with Crippen LogP contribution in [0, 0.1) is 20.8 Å². The minimum absolute atomic E-state index is 0.186. The molecule has 0 atom stereocenters. The van der Waals surface area contributed by atoms with Gasteiger partial charge < -0.3 is 0 Å². The Labute approximate surface area is 161 Å². The van der Waals surface area contributed by atoms with Crippen molar-refractivity contribution in [2.75, 3.05) is 0 Å². The Hall–Kier alpha value is -3.35. The van der Waals surface area contributed by atoms with Gasteiger partial charge in [0.25, 0.3) is 5.56 Å². The molecule has 3 aromatic heterocycles. The first kappa shape index (κ1) is 18.0. The second-order valence-electron chi connectivity index (χ2n) is 7.54. The molecule has 7 nitrogen and oxygen atoms in total. The van der Waals surface area contributed by atoms with Crippen molar-refractivity contribution in [3.8, 4) is 5.69 Å². The van der Waals surface area contributed by atoms with E-state index in [2.05, 4.69) is 43.6 Å². The maximum Gasteiger partial charge on any atom is 0.332 e. The van der Waals surface area contributed by atoms with E-state index in [0.29, 0.717) is 16.9 Å². The molecular formula is C21H23N5O2. The molecule has 0 aliphatic heterocycles. The monoisotopic (exact) mass is 377 g/mol. The smallest absolute Gasteiger partial charge is 0.283 e. The Morgan fingerprint density at radius 1 is 1.18 bits per heavy atom. The lowest BCUT2D eigenvalue weighted by molar-refractivity contribution is 0.651. The number of fused-ring (bicyclic) bond motifs is 3. The first-order valence-corrected chi connectivity index (χ1v) is 9.12. The van der Waals surface area contributed by atoms with Crippen molar-refractivity contribution in [3.63, 3.8) is 0 Å². The van der Waals surface area contributed by atoms with Crippen LogP contribution in [0.5, 0.6) is 0 Å². The summed E-state index contributed by atoms with van der Waals surface area (Å²) in [5.41, 5.74) is 5.01. The quantitative estimate of drug-likeness (QED) is 0.516. The maximum absolute atomic E-state index is 13.1. The summed E-state index contributed by atoms with van der Waals surface area (Å²) in [6, 6.07) is 6.22. The summed E-state index contributed by atoms with van der Waals surface area (Å²) in [6.07, 6.45) is 1.89. The molecule has 4 aromatic rings. The highest BCUT2D eigenvalue weighted by atomic mass is 16.2. The van der Waals surface area contributed by atoms with Crippen LogP contribution in [-0.4, -0.2) is 23.1 Å². The third kappa shape index (κ3) is 2.46. The summed E-state index contributed by atoms with van der Waals surface area (Å²) >= 11 is 0. The molecule has 0 N–H and O–H groups in total. The summed E-state index contributed by atoms with van der Waals surface area (Å²) in [5.74, 6) is 0.611. The molecule has 0 spiro atoms. The zero-order chi connectivity index (χ0) is 20.3. The molecule has 4 rings (SSSR count). The van der Waals surface area contributed by atoms with Crippen molar-refractivity contribution < 1.29 is 0 Å². The molecule has 1 aromatic carbocycles. The van der Waals surface area contributed by atoms with E-state index in [1.54, 1.807) is 18.4 Å². The highest BCUT2D eigenvalue weighted by Gasteiger charge is 2.21. The molecule has 0 aliphatic rings. The lowest BCUT2D eigenvalue weighted by atomic mass is 10.1. The molecule has 28 heavy (non-hydrogen) atoms. The van der Waals surface area contributed by atoms with Gasteiger partial charge in [-0.2, -0.15) is 4.98 Å².